The van der Waals surface area contributed by atoms with Crippen molar-refractivity contribution in [2.75, 3.05) is 6.61 Å². The lowest BCUT2D eigenvalue weighted by atomic mass is 9.42. The molecule has 1 spiro atoms. The number of aliphatic hydroxyl groups excluding tert-OH is 4. The van der Waals surface area contributed by atoms with Crippen LogP contribution < -0.4 is 0 Å². The first-order valence-electron chi connectivity index (χ1n) is 16.6. The summed E-state index contributed by atoms with van der Waals surface area (Å²) in [6.07, 6.45) is 14.6. The molecule has 5 N–H and O–H groups in total. The van der Waals surface area contributed by atoms with Crippen LogP contribution in [0.3, 0.4) is 0 Å². The standard InChI is InChI=1S/C31H50O6.C4H8O/c1-19(8-7-14-27(2,3)35)20-9-10-21-22-13-15-31-23(11-12-24(28(31,4)5)36-25(33)18-32)30(22,26(34)37-31)17-16-29(20,21)6;1-3-2-4(3)5/h7,13-15,19-26,32-35H,8-12,16-18H2,1-6H3;3-5H,2H2,1H3/b14-7+;. The van der Waals surface area contributed by atoms with E-state index in [1.807, 2.05) is 26.8 Å². The van der Waals surface area contributed by atoms with Gasteiger partial charge in [0.25, 0.3) is 0 Å². The lowest BCUT2D eigenvalue weighted by molar-refractivity contribution is -0.247. The smallest absolute Gasteiger partial charge is 0.178 e. The van der Waals surface area contributed by atoms with E-state index in [1.165, 1.54) is 12.8 Å². The second-order valence-electron chi connectivity index (χ2n) is 16.2. The van der Waals surface area contributed by atoms with Crippen LogP contribution in [0.2, 0.25) is 0 Å². The zero-order valence-electron chi connectivity index (χ0n) is 27.0. The van der Waals surface area contributed by atoms with Crippen molar-refractivity contribution in [3.05, 3.63) is 24.3 Å². The quantitative estimate of drug-likeness (QED) is 0.210. The molecule has 0 aromatic carbocycles. The summed E-state index contributed by atoms with van der Waals surface area (Å²) < 4.78 is 12.5. The molecule has 0 amide bonds. The highest BCUT2D eigenvalue weighted by Gasteiger charge is 2.76. The van der Waals surface area contributed by atoms with E-state index in [9.17, 15) is 20.4 Å². The molecule has 1 aliphatic heterocycles. The number of aliphatic hydroxyl groups is 5. The first kappa shape index (κ1) is 32.6. The summed E-state index contributed by atoms with van der Waals surface area (Å²) >= 11 is 0. The number of hydrogen-bond donors (Lipinski definition) is 5. The van der Waals surface area contributed by atoms with Gasteiger partial charge in [-0.3, -0.25) is 0 Å². The van der Waals surface area contributed by atoms with Gasteiger partial charge in [-0.25, -0.2) is 0 Å². The molecule has 1 heterocycles. The molecule has 5 fully saturated rings. The number of rotatable bonds is 7. The predicted molar refractivity (Wildman–Crippen MR) is 162 cm³/mol. The minimum atomic E-state index is -1.20. The van der Waals surface area contributed by atoms with E-state index in [2.05, 4.69) is 45.9 Å². The fraction of sp³-hybridized carbons (Fsp3) is 0.886. The van der Waals surface area contributed by atoms with Gasteiger partial charge in [0.1, 0.15) is 5.60 Å². The van der Waals surface area contributed by atoms with Crippen LogP contribution in [0.4, 0.5) is 0 Å². The minimum Gasteiger partial charge on any atom is -0.393 e. The zero-order valence-corrected chi connectivity index (χ0v) is 27.0. The average Bonchev–Trinajstić information content (AvgIpc) is 3.36. The summed E-state index contributed by atoms with van der Waals surface area (Å²) in [6.45, 7) is 14.4. The van der Waals surface area contributed by atoms with Gasteiger partial charge in [0.15, 0.2) is 12.6 Å². The van der Waals surface area contributed by atoms with Gasteiger partial charge in [-0.1, -0.05) is 58.9 Å². The maximum absolute atomic E-state index is 11.7. The molecule has 7 nitrogen and oxygen atoms in total. The third kappa shape index (κ3) is 5.17. The second-order valence-corrected chi connectivity index (χ2v) is 16.2. The maximum Gasteiger partial charge on any atom is 0.178 e. The first-order valence-corrected chi connectivity index (χ1v) is 16.6. The summed E-state index contributed by atoms with van der Waals surface area (Å²) in [6, 6.07) is 0. The Kier molecular flexibility index (Phi) is 8.71. The van der Waals surface area contributed by atoms with Crippen LogP contribution in [0.15, 0.2) is 24.3 Å². The fourth-order valence-corrected chi connectivity index (χ4v) is 10.3. The van der Waals surface area contributed by atoms with Gasteiger partial charge in [-0.15, -0.1) is 0 Å². The third-order valence-corrected chi connectivity index (χ3v) is 12.9. The number of allylic oxidation sites excluding steroid dienone is 2. The summed E-state index contributed by atoms with van der Waals surface area (Å²) in [5.74, 6) is 2.80. The normalized spacial score (nSPS) is 48.1. The topological polar surface area (TPSA) is 120 Å². The van der Waals surface area contributed by atoms with Crippen molar-refractivity contribution < 1.29 is 35.0 Å². The van der Waals surface area contributed by atoms with Crippen LogP contribution in [0.5, 0.6) is 0 Å². The van der Waals surface area contributed by atoms with Gasteiger partial charge in [-0.2, -0.15) is 0 Å². The first-order chi connectivity index (χ1) is 19.5. The molecule has 6 aliphatic rings. The monoisotopic (exact) mass is 590 g/mol. The van der Waals surface area contributed by atoms with Crippen molar-refractivity contribution in [1.82, 2.24) is 0 Å². The van der Waals surface area contributed by atoms with E-state index >= 15 is 0 Å². The Hall–Kier alpha value is -0.800. The number of fused-ring (bicyclic) bond motifs is 2. The van der Waals surface area contributed by atoms with Gasteiger partial charge in [-0.05, 0) is 100 Å². The largest absolute Gasteiger partial charge is 0.393 e. The Morgan fingerprint density at radius 3 is 2.36 bits per heavy atom. The molecule has 7 heteroatoms. The summed E-state index contributed by atoms with van der Waals surface area (Å²) in [5, 5.41) is 49.6. The number of ether oxygens (including phenoxy) is 2. The highest BCUT2D eigenvalue weighted by Crippen LogP contribution is 2.75. The van der Waals surface area contributed by atoms with Crippen molar-refractivity contribution in [3.8, 4) is 0 Å². The van der Waals surface area contributed by atoms with Crippen LogP contribution in [-0.4, -0.2) is 68.1 Å². The minimum absolute atomic E-state index is 0.0509. The predicted octanol–water partition coefficient (Wildman–Crippen LogP) is 4.95. The van der Waals surface area contributed by atoms with Crippen LogP contribution in [0.25, 0.3) is 0 Å². The molecule has 4 saturated carbocycles. The van der Waals surface area contributed by atoms with E-state index < -0.39 is 35.8 Å². The zero-order chi connectivity index (χ0) is 30.9. The molecule has 42 heavy (non-hydrogen) atoms. The molecule has 240 valence electrons. The molecule has 2 bridgehead atoms. The summed E-state index contributed by atoms with van der Waals surface area (Å²) in [4.78, 5) is 0. The van der Waals surface area contributed by atoms with Crippen molar-refractivity contribution >= 4 is 0 Å². The van der Waals surface area contributed by atoms with E-state index in [1.54, 1.807) is 0 Å². The average molecular weight is 591 g/mol. The molecular weight excluding hydrogens is 532 g/mol. The Balaban J connectivity index is 0.000000639. The number of hydrogen-bond acceptors (Lipinski definition) is 7. The Morgan fingerprint density at radius 1 is 1.10 bits per heavy atom. The summed E-state index contributed by atoms with van der Waals surface area (Å²) in [7, 11) is 0. The molecule has 13 unspecified atom stereocenters. The van der Waals surface area contributed by atoms with Crippen molar-refractivity contribution in [3.63, 3.8) is 0 Å². The van der Waals surface area contributed by atoms with Crippen LogP contribution in [0, 0.1) is 51.8 Å². The van der Waals surface area contributed by atoms with Crippen molar-refractivity contribution in [2.24, 2.45) is 51.8 Å². The fourth-order valence-electron chi connectivity index (χ4n) is 10.3. The Morgan fingerprint density at radius 2 is 1.76 bits per heavy atom. The third-order valence-electron chi connectivity index (χ3n) is 12.9. The summed E-state index contributed by atoms with van der Waals surface area (Å²) in [5.41, 5.74) is -1.92. The Bertz CT molecular complexity index is 1030. The molecule has 5 aliphatic carbocycles. The van der Waals surface area contributed by atoms with Gasteiger partial charge < -0.3 is 35.0 Å². The molecule has 6 rings (SSSR count). The van der Waals surface area contributed by atoms with Crippen molar-refractivity contribution in [1.29, 1.82) is 0 Å². The molecule has 0 aromatic heterocycles. The van der Waals surface area contributed by atoms with E-state index in [0.717, 1.165) is 38.5 Å². The van der Waals surface area contributed by atoms with Gasteiger partial charge in [0.05, 0.1) is 24.4 Å². The second kappa shape index (κ2) is 11.2. The van der Waals surface area contributed by atoms with Gasteiger partial charge in [0.2, 0.25) is 0 Å². The van der Waals surface area contributed by atoms with Crippen LogP contribution in [-0.2, 0) is 9.47 Å². The Labute approximate surface area is 253 Å². The maximum atomic E-state index is 11.7. The van der Waals surface area contributed by atoms with E-state index in [-0.39, 0.29) is 29.0 Å². The van der Waals surface area contributed by atoms with Crippen molar-refractivity contribution in [2.45, 2.75) is 136 Å². The van der Waals surface area contributed by atoms with Crippen LogP contribution in [0.1, 0.15) is 99.8 Å². The molecule has 1 saturated heterocycles. The molecule has 0 aromatic rings. The van der Waals surface area contributed by atoms with Crippen LogP contribution >= 0.6 is 0 Å². The van der Waals surface area contributed by atoms with E-state index in [0.29, 0.717) is 29.6 Å². The van der Waals surface area contributed by atoms with E-state index in [4.69, 9.17) is 14.6 Å². The lowest BCUT2D eigenvalue weighted by Gasteiger charge is -2.62. The van der Waals surface area contributed by atoms with Gasteiger partial charge in [0, 0.05) is 16.7 Å². The SMILES string of the molecule is CC(C/C=C/C(C)(C)O)C1CCC2C3C=CC45OC(O)C3(CCC12C)C4CCC(OC(O)CO)C5(C)C.CC1CC1O. The van der Waals surface area contributed by atoms with Gasteiger partial charge >= 0.3 is 0 Å². The molecular formula is C35H58O7. The molecule has 0 radical (unpaired) electrons. The molecule has 13 atom stereocenters. The lowest BCUT2D eigenvalue weighted by Crippen LogP contribution is -2.64. The highest BCUT2D eigenvalue weighted by atomic mass is 16.6. The highest BCUT2D eigenvalue weighted by molar-refractivity contribution is 5.33.